The third-order valence-corrected chi connectivity index (χ3v) is 3.41. The van der Waals surface area contributed by atoms with E-state index in [0.29, 0.717) is 5.02 Å². The topological polar surface area (TPSA) is 17.1 Å². The Morgan fingerprint density at radius 2 is 1.94 bits per heavy atom. The summed E-state index contributed by atoms with van der Waals surface area (Å²) in [5.74, 6) is -0.554. The summed E-state index contributed by atoms with van der Waals surface area (Å²) in [6, 6.07) is 4.27. The average Bonchev–Trinajstić information content (AvgIpc) is 2.29. The van der Waals surface area contributed by atoms with Crippen molar-refractivity contribution in [3.8, 4) is 0 Å². The van der Waals surface area contributed by atoms with Gasteiger partial charge >= 0.3 is 0 Å². The summed E-state index contributed by atoms with van der Waals surface area (Å²) in [5.41, 5.74) is 0.191. The van der Waals surface area contributed by atoms with E-state index >= 15 is 0 Å². The highest BCUT2D eigenvalue weighted by molar-refractivity contribution is 6.30. The fourth-order valence-corrected chi connectivity index (χ4v) is 2.43. The third-order valence-electron chi connectivity index (χ3n) is 3.17. The zero-order valence-electron chi connectivity index (χ0n) is 9.01. The molecule has 0 amide bonds. The molecule has 1 aliphatic rings. The van der Waals surface area contributed by atoms with Crippen molar-refractivity contribution in [1.82, 2.24) is 0 Å². The van der Waals surface area contributed by atoms with Crippen molar-refractivity contribution in [3.63, 3.8) is 0 Å². The van der Waals surface area contributed by atoms with E-state index in [9.17, 15) is 9.18 Å². The molecule has 1 fully saturated rings. The molecule has 1 aromatic carbocycles. The molecule has 0 atom stereocenters. The Labute approximate surface area is 99.6 Å². The van der Waals surface area contributed by atoms with Crippen LogP contribution in [0.5, 0.6) is 0 Å². The molecule has 86 valence electrons. The molecule has 0 aromatic heterocycles. The van der Waals surface area contributed by atoms with Crippen molar-refractivity contribution in [3.05, 3.63) is 34.6 Å². The molecule has 0 radical (unpaired) electrons. The Hall–Kier alpha value is -0.890. The second-order valence-electron chi connectivity index (χ2n) is 4.32. The van der Waals surface area contributed by atoms with Crippen LogP contribution in [0.3, 0.4) is 0 Å². The molecule has 1 nitrogen and oxygen atoms in total. The van der Waals surface area contributed by atoms with E-state index in [2.05, 4.69) is 0 Å². The maximum Gasteiger partial charge on any atom is 0.168 e. The number of ketones is 1. The SMILES string of the molecule is O=C(c1ccc(Cl)cc1F)C1CCCCC1. The zero-order valence-corrected chi connectivity index (χ0v) is 9.77. The van der Waals surface area contributed by atoms with Crippen LogP contribution in [0.15, 0.2) is 18.2 Å². The van der Waals surface area contributed by atoms with Crippen molar-refractivity contribution in [1.29, 1.82) is 0 Å². The second kappa shape index (κ2) is 4.96. The molecule has 0 unspecified atom stereocenters. The smallest absolute Gasteiger partial charge is 0.168 e. The molecule has 2 rings (SSSR count). The highest BCUT2D eigenvalue weighted by Crippen LogP contribution is 2.28. The number of halogens is 2. The first-order valence-electron chi connectivity index (χ1n) is 5.68. The van der Waals surface area contributed by atoms with Gasteiger partial charge in [-0.3, -0.25) is 4.79 Å². The lowest BCUT2D eigenvalue weighted by atomic mass is 9.84. The quantitative estimate of drug-likeness (QED) is 0.707. The first-order chi connectivity index (χ1) is 7.68. The van der Waals surface area contributed by atoms with Gasteiger partial charge in [0.25, 0.3) is 0 Å². The van der Waals surface area contributed by atoms with Crippen molar-refractivity contribution in [2.24, 2.45) is 5.92 Å². The van der Waals surface area contributed by atoms with E-state index < -0.39 is 5.82 Å². The van der Waals surface area contributed by atoms with Crippen LogP contribution in [0.25, 0.3) is 0 Å². The van der Waals surface area contributed by atoms with Gasteiger partial charge in [0.1, 0.15) is 5.82 Å². The molecule has 1 aliphatic carbocycles. The Bertz CT molecular complexity index is 397. The van der Waals surface area contributed by atoms with Crippen molar-refractivity contribution in [2.75, 3.05) is 0 Å². The summed E-state index contributed by atoms with van der Waals surface area (Å²) in [6.45, 7) is 0. The summed E-state index contributed by atoms with van der Waals surface area (Å²) >= 11 is 5.66. The summed E-state index contributed by atoms with van der Waals surface area (Å²) in [5, 5.41) is 0.331. The van der Waals surface area contributed by atoms with Gasteiger partial charge in [-0.25, -0.2) is 4.39 Å². The lowest BCUT2D eigenvalue weighted by molar-refractivity contribution is 0.0885. The molecule has 0 heterocycles. The van der Waals surface area contributed by atoms with Gasteiger partial charge in [-0.1, -0.05) is 30.9 Å². The Kier molecular flexibility index (Phi) is 3.59. The van der Waals surface area contributed by atoms with Crippen LogP contribution in [0.4, 0.5) is 4.39 Å². The predicted molar refractivity (Wildman–Crippen MR) is 62.3 cm³/mol. The van der Waals surface area contributed by atoms with Crippen molar-refractivity contribution < 1.29 is 9.18 Å². The van der Waals surface area contributed by atoms with Crippen LogP contribution in [-0.2, 0) is 0 Å². The standard InChI is InChI=1S/C13H14ClFO/c14-10-6-7-11(12(15)8-10)13(16)9-4-2-1-3-5-9/h6-9H,1-5H2. The molecule has 0 aliphatic heterocycles. The Balaban J connectivity index is 2.19. The number of hydrogen-bond acceptors (Lipinski definition) is 1. The molecule has 16 heavy (non-hydrogen) atoms. The van der Waals surface area contributed by atoms with Crippen LogP contribution >= 0.6 is 11.6 Å². The van der Waals surface area contributed by atoms with Gasteiger partial charge in [-0.05, 0) is 31.0 Å². The van der Waals surface area contributed by atoms with E-state index in [-0.39, 0.29) is 17.3 Å². The van der Waals surface area contributed by atoms with E-state index in [1.807, 2.05) is 0 Å². The number of carbonyl (C=O) groups excluding carboxylic acids is 1. The van der Waals surface area contributed by atoms with Crippen molar-refractivity contribution in [2.45, 2.75) is 32.1 Å². The number of benzene rings is 1. The normalized spacial score (nSPS) is 17.4. The summed E-state index contributed by atoms with van der Waals surface area (Å²) in [6.07, 6.45) is 5.12. The van der Waals surface area contributed by atoms with Crippen LogP contribution in [0, 0.1) is 11.7 Å². The molecule has 1 aromatic rings. The minimum absolute atomic E-state index is 0.00410. The van der Waals surface area contributed by atoms with Crippen LogP contribution in [-0.4, -0.2) is 5.78 Å². The Morgan fingerprint density at radius 1 is 1.25 bits per heavy atom. The minimum atomic E-state index is -0.497. The van der Waals surface area contributed by atoms with E-state index in [1.54, 1.807) is 6.07 Å². The largest absolute Gasteiger partial charge is 0.294 e. The molecule has 0 saturated heterocycles. The molecular formula is C13H14ClFO. The number of Topliss-reactive ketones (excluding diaryl/α,β-unsaturated/α-hetero) is 1. The minimum Gasteiger partial charge on any atom is -0.294 e. The van der Waals surface area contributed by atoms with Gasteiger partial charge in [-0.2, -0.15) is 0 Å². The summed E-state index contributed by atoms with van der Waals surface area (Å²) < 4.78 is 13.6. The molecule has 0 spiro atoms. The van der Waals surface area contributed by atoms with E-state index in [0.717, 1.165) is 25.7 Å². The van der Waals surface area contributed by atoms with Crippen LogP contribution < -0.4 is 0 Å². The molecule has 3 heteroatoms. The Morgan fingerprint density at radius 3 is 2.56 bits per heavy atom. The lowest BCUT2D eigenvalue weighted by Crippen LogP contribution is -2.18. The zero-order chi connectivity index (χ0) is 11.5. The monoisotopic (exact) mass is 240 g/mol. The molecular weight excluding hydrogens is 227 g/mol. The molecule has 1 saturated carbocycles. The van der Waals surface area contributed by atoms with Gasteiger partial charge in [0.15, 0.2) is 5.78 Å². The highest BCUT2D eigenvalue weighted by atomic mass is 35.5. The number of rotatable bonds is 2. The third kappa shape index (κ3) is 2.43. The summed E-state index contributed by atoms with van der Waals surface area (Å²) in [4.78, 5) is 12.0. The fraction of sp³-hybridized carbons (Fsp3) is 0.462. The maximum absolute atomic E-state index is 13.6. The lowest BCUT2D eigenvalue weighted by Gasteiger charge is -2.20. The van der Waals surface area contributed by atoms with E-state index in [4.69, 9.17) is 11.6 Å². The highest BCUT2D eigenvalue weighted by Gasteiger charge is 2.24. The van der Waals surface area contributed by atoms with Gasteiger partial charge in [0, 0.05) is 10.9 Å². The average molecular weight is 241 g/mol. The molecule has 0 bridgehead atoms. The second-order valence-corrected chi connectivity index (χ2v) is 4.76. The maximum atomic E-state index is 13.6. The van der Waals surface area contributed by atoms with Gasteiger partial charge in [-0.15, -0.1) is 0 Å². The number of carbonyl (C=O) groups is 1. The predicted octanol–water partition coefficient (Wildman–Crippen LogP) is 4.24. The number of hydrogen-bond donors (Lipinski definition) is 0. The summed E-state index contributed by atoms with van der Waals surface area (Å²) in [7, 11) is 0. The molecule has 0 N–H and O–H groups in total. The van der Waals surface area contributed by atoms with E-state index in [1.165, 1.54) is 18.6 Å². The van der Waals surface area contributed by atoms with Gasteiger partial charge in [0.2, 0.25) is 0 Å². The van der Waals surface area contributed by atoms with Gasteiger partial charge in [0.05, 0.1) is 5.56 Å². The fourth-order valence-electron chi connectivity index (χ4n) is 2.27. The van der Waals surface area contributed by atoms with Crippen LogP contribution in [0.2, 0.25) is 5.02 Å². The first kappa shape index (κ1) is 11.6. The van der Waals surface area contributed by atoms with Crippen molar-refractivity contribution >= 4 is 17.4 Å². The van der Waals surface area contributed by atoms with Gasteiger partial charge < -0.3 is 0 Å². The first-order valence-corrected chi connectivity index (χ1v) is 6.05. The van der Waals surface area contributed by atoms with Crippen LogP contribution in [0.1, 0.15) is 42.5 Å².